The van der Waals surface area contributed by atoms with Crippen LogP contribution in [-0.2, 0) is 5.75 Å². The summed E-state index contributed by atoms with van der Waals surface area (Å²) in [6.45, 7) is 2.12. The number of rotatable bonds is 7. The van der Waals surface area contributed by atoms with E-state index in [1.165, 1.54) is 48.2 Å². The lowest BCUT2D eigenvalue weighted by Gasteiger charge is -2.12. The summed E-state index contributed by atoms with van der Waals surface area (Å²) in [7, 11) is 2.94. The number of carbonyl (C=O) groups is 1. The highest BCUT2D eigenvalue weighted by molar-refractivity contribution is 7.98. The lowest BCUT2D eigenvalue weighted by Crippen LogP contribution is -2.03. The Kier molecular flexibility index (Phi) is 6.08. The largest absolute Gasteiger partial charge is 0.480 e. The van der Waals surface area contributed by atoms with Crippen molar-refractivity contribution in [3.8, 4) is 22.9 Å². The molecule has 5 nitrogen and oxygen atoms in total. The number of benzene rings is 2. The molecule has 2 aromatic carbocycles. The zero-order chi connectivity index (χ0) is 19.2. The predicted octanol–water partition coefficient (Wildman–Crippen LogP) is 4.57. The Hall–Kier alpha value is -2.86. The van der Waals surface area contributed by atoms with Gasteiger partial charge in [-0.25, -0.2) is 0 Å². The summed E-state index contributed by atoms with van der Waals surface area (Å²) < 4.78 is 10.4. The monoisotopic (exact) mass is 380 g/mol. The molecule has 0 radical (unpaired) electrons. The van der Waals surface area contributed by atoms with Crippen LogP contribution in [0.4, 0.5) is 0 Å². The molecule has 0 bridgehead atoms. The summed E-state index contributed by atoms with van der Waals surface area (Å²) in [5, 5.41) is 0.499. The third kappa shape index (κ3) is 4.11. The maximum Gasteiger partial charge on any atom is 0.231 e. The van der Waals surface area contributed by atoms with Gasteiger partial charge < -0.3 is 9.47 Å². The highest BCUT2D eigenvalue weighted by Crippen LogP contribution is 2.31. The molecule has 0 saturated carbocycles. The average Bonchev–Trinajstić information content (AvgIpc) is 2.72. The normalized spacial score (nSPS) is 10.5. The minimum absolute atomic E-state index is 0.214. The zero-order valence-corrected chi connectivity index (χ0v) is 16.2. The van der Waals surface area contributed by atoms with E-state index in [9.17, 15) is 4.79 Å². The third-order valence-corrected chi connectivity index (χ3v) is 5.14. The number of hydrogen-bond donors (Lipinski definition) is 0. The molecule has 0 spiro atoms. The van der Waals surface area contributed by atoms with Crippen LogP contribution in [0.15, 0.2) is 53.7 Å². The Labute approximate surface area is 162 Å². The SMILES string of the molecule is COc1nc(SCc2cccc(-c3ccccc3)c2C)nc(OC)c1C=O. The summed E-state index contributed by atoms with van der Waals surface area (Å²) >= 11 is 1.47. The first-order chi connectivity index (χ1) is 13.2. The smallest absolute Gasteiger partial charge is 0.231 e. The summed E-state index contributed by atoms with van der Waals surface area (Å²) in [6.07, 6.45) is 0.638. The van der Waals surface area contributed by atoms with Crippen LogP contribution in [0.5, 0.6) is 11.8 Å². The number of nitrogens with zero attached hydrogens (tertiary/aromatic N) is 2. The zero-order valence-electron chi connectivity index (χ0n) is 15.4. The molecular formula is C21H20N2O3S. The number of methoxy groups -OCH3 is 2. The van der Waals surface area contributed by atoms with E-state index in [4.69, 9.17) is 9.47 Å². The van der Waals surface area contributed by atoms with Crippen LogP contribution in [0, 0.1) is 6.92 Å². The molecule has 0 aliphatic carbocycles. The Balaban J connectivity index is 1.86. The van der Waals surface area contributed by atoms with Crippen molar-refractivity contribution >= 4 is 18.0 Å². The number of hydrogen-bond acceptors (Lipinski definition) is 6. The summed E-state index contributed by atoms with van der Waals surface area (Å²) in [6, 6.07) is 16.6. The number of ether oxygens (including phenoxy) is 2. The molecule has 0 aliphatic rings. The van der Waals surface area contributed by atoms with Gasteiger partial charge in [0.05, 0.1) is 14.2 Å². The van der Waals surface area contributed by atoms with Gasteiger partial charge >= 0.3 is 0 Å². The van der Waals surface area contributed by atoms with Gasteiger partial charge in [-0.05, 0) is 29.2 Å². The quantitative estimate of drug-likeness (QED) is 0.340. The van der Waals surface area contributed by atoms with E-state index in [2.05, 4.69) is 47.2 Å². The maximum absolute atomic E-state index is 11.2. The van der Waals surface area contributed by atoms with Crippen molar-refractivity contribution in [3.05, 3.63) is 65.2 Å². The second-order valence-electron chi connectivity index (χ2n) is 5.80. The van der Waals surface area contributed by atoms with Crippen LogP contribution >= 0.6 is 11.8 Å². The molecule has 0 saturated heterocycles. The summed E-state index contributed by atoms with van der Waals surface area (Å²) in [5.41, 5.74) is 5.03. The molecule has 0 aliphatic heterocycles. The molecular weight excluding hydrogens is 360 g/mol. The average molecular weight is 380 g/mol. The fraction of sp³-hybridized carbons (Fsp3) is 0.190. The van der Waals surface area contributed by atoms with Crippen LogP contribution in [0.1, 0.15) is 21.5 Å². The van der Waals surface area contributed by atoms with E-state index in [1.54, 1.807) is 0 Å². The molecule has 138 valence electrons. The number of thioether (sulfide) groups is 1. The van der Waals surface area contributed by atoms with E-state index in [-0.39, 0.29) is 17.3 Å². The van der Waals surface area contributed by atoms with Gasteiger partial charge in [-0.3, -0.25) is 4.79 Å². The second kappa shape index (κ2) is 8.68. The van der Waals surface area contributed by atoms with E-state index in [0.717, 1.165) is 0 Å². The summed E-state index contributed by atoms with van der Waals surface area (Å²) in [5.74, 6) is 1.13. The van der Waals surface area contributed by atoms with Crippen LogP contribution in [0.3, 0.4) is 0 Å². The molecule has 3 aromatic rings. The van der Waals surface area contributed by atoms with Gasteiger partial charge in [0.15, 0.2) is 11.4 Å². The van der Waals surface area contributed by atoms with Crippen molar-refractivity contribution in [2.45, 2.75) is 17.8 Å². The van der Waals surface area contributed by atoms with Gasteiger partial charge in [0.2, 0.25) is 11.8 Å². The molecule has 27 heavy (non-hydrogen) atoms. The minimum Gasteiger partial charge on any atom is -0.480 e. The molecule has 0 amide bonds. The number of aromatic nitrogens is 2. The van der Waals surface area contributed by atoms with Gasteiger partial charge in [-0.1, -0.05) is 60.3 Å². The van der Waals surface area contributed by atoms with Gasteiger partial charge in [0.1, 0.15) is 5.56 Å². The number of carbonyl (C=O) groups excluding carboxylic acids is 1. The van der Waals surface area contributed by atoms with E-state index >= 15 is 0 Å². The van der Waals surface area contributed by atoms with Gasteiger partial charge in [0, 0.05) is 5.75 Å². The van der Waals surface area contributed by atoms with Crippen molar-refractivity contribution in [1.82, 2.24) is 9.97 Å². The van der Waals surface area contributed by atoms with Gasteiger partial charge in [0.25, 0.3) is 0 Å². The molecule has 6 heteroatoms. The Morgan fingerprint density at radius 1 is 0.963 bits per heavy atom. The van der Waals surface area contributed by atoms with Crippen LogP contribution in [-0.4, -0.2) is 30.5 Å². The highest BCUT2D eigenvalue weighted by atomic mass is 32.2. The minimum atomic E-state index is 0.214. The molecule has 1 heterocycles. The molecule has 0 unspecified atom stereocenters. The first kappa shape index (κ1) is 18.9. The molecule has 0 N–H and O–H groups in total. The van der Waals surface area contributed by atoms with Crippen molar-refractivity contribution in [3.63, 3.8) is 0 Å². The van der Waals surface area contributed by atoms with Gasteiger partial charge in [-0.2, -0.15) is 9.97 Å². The van der Waals surface area contributed by atoms with Crippen LogP contribution < -0.4 is 9.47 Å². The summed E-state index contributed by atoms with van der Waals surface area (Å²) in [4.78, 5) is 19.9. The number of aldehydes is 1. The van der Waals surface area contributed by atoms with Crippen molar-refractivity contribution < 1.29 is 14.3 Å². The highest BCUT2D eigenvalue weighted by Gasteiger charge is 2.16. The Bertz CT molecular complexity index is 920. The Morgan fingerprint density at radius 2 is 1.63 bits per heavy atom. The first-order valence-electron chi connectivity index (χ1n) is 8.39. The molecule has 3 rings (SSSR count). The lowest BCUT2D eigenvalue weighted by molar-refractivity contribution is 0.111. The first-order valence-corrected chi connectivity index (χ1v) is 9.38. The van der Waals surface area contributed by atoms with Crippen molar-refractivity contribution in [2.75, 3.05) is 14.2 Å². The van der Waals surface area contributed by atoms with E-state index < -0.39 is 0 Å². The topological polar surface area (TPSA) is 61.3 Å². The van der Waals surface area contributed by atoms with Crippen LogP contribution in [0.2, 0.25) is 0 Å². The predicted molar refractivity (Wildman–Crippen MR) is 107 cm³/mol. The van der Waals surface area contributed by atoms with E-state index in [1.807, 2.05) is 18.2 Å². The van der Waals surface area contributed by atoms with Crippen molar-refractivity contribution in [2.24, 2.45) is 0 Å². The lowest BCUT2D eigenvalue weighted by atomic mass is 9.97. The molecule has 0 atom stereocenters. The second-order valence-corrected chi connectivity index (χ2v) is 6.74. The fourth-order valence-electron chi connectivity index (χ4n) is 2.80. The maximum atomic E-state index is 11.2. The van der Waals surface area contributed by atoms with Crippen LogP contribution in [0.25, 0.3) is 11.1 Å². The standard InChI is InChI=1S/C21H20N2O3S/c1-14-16(10-7-11-17(14)15-8-5-4-6-9-15)13-27-21-22-19(25-2)18(12-24)20(23-21)26-3/h4-12H,13H2,1-3H3. The fourth-order valence-corrected chi connectivity index (χ4v) is 3.69. The van der Waals surface area contributed by atoms with Gasteiger partial charge in [-0.15, -0.1) is 0 Å². The third-order valence-electron chi connectivity index (χ3n) is 4.25. The Morgan fingerprint density at radius 3 is 2.22 bits per heavy atom. The molecule has 1 aromatic heterocycles. The van der Waals surface area contributed by atoms with Crippen molar-refractivity contribution in [1.29, 1.82) is 0 Å². The molecule has 0 fully saturated rings. The van der Waals surface area contributed by atoms with E-state index in [0.29, 0.717) is 17.2 Å².